The van der Waals surface area contributed by atoms with E-state index < -0.39 is 0 Å². The van der Waals surface area contributed by atoms with Gasteiger partial charge in [-0.1, -0.05) is 6.07 Å². The van der Waals surface area contributed by atoms with Crippen LogP contribution in [0.5, 0.6) is 0 Å². The molecule has 4 aromatic rings. The Morgan fingerprint density at radius 3 is 2.49 bits per heavy atom. The second-order valence-corrected chi connectivity index (χ2v) is 10.7. The maximum absolute atomic E-state index is 12.3. The van der Waals surface area contributed by atoms with E-state index in [-0.39, 0.29) is 0 Å². The molecule has 3 aliphatic rings. The number of fused-ring (bicyclic) bond motifs is 1. The van der Waals surface area contributed by atoms with Crippen molar-refractivity contribution >= 4 is 16.9 Å². The van der Waals surface area contributed by atoms with Gasteiger partial charge in [0.25, 0.3) is 0 Å². The predicted octanol–water partition coefficient (Wildman–Crippen LogP) is 3.94. The normalized spacial score (nSPS) is 18.4. The van der Waals surface area contributed by atoms with Crippen molar-refractivity contribution in [3.63, 3.8) is 0 Å². The molecule has 8 heteroatoms. The van der Waals surface area contributed by atoms with Gasteiger partial charge in [-0.2, -0.15) is 0 Å². The Morgan fingerprint density at radius 2 is 1.73 bits per heavy atom. The summed E-state index contributed by atoms with van der Waals surface area (Å²) in [5.74, 6) is 3.11. The second kappa shape index (κ2) is 9.34. The van der Waals surface area contributed by atoms with Crippen molar-refractivity contribution in [1.82, 2.24) is 34.7 Å². The summed E-state index contributed by atoms with van der Waals surface area (Å²) in [4.78, 5) is 38.8. The van der Waals surface area contributed by atoms with Gasteiger partial charge >= 0.3 is 0 Å². The smallest absolute Gasteiger partial charge is 0.225 e. The number of carbonyl (C=O) groups excluding carboxylic acids is 1. The van der Waals surface area contributed by atoms with Crippen molar-refractivity contribution < 1.29 is 4.79 Å². The fraction of sp³-hybridized carbons (Fsp3) is 0.414. The van der Waals surface area contributed by atoms with E-state index >= 15 is 0 Å². The van der Waals surface area contributed by atoms with Crippen molar-refractivity contribution in [3.05, 3.63) is 71.8 Å². The summed E-state index contributed by atoms with van der Waals surface area (Å²) in [6.45, 7) is 4.41. The minimum atomic E-state index is 0.312. The van der Waals surface area contributed by atoms with Gasteiger partial charge in [0.15, 0.2) is 0 Å². The molecule has 0 spiro atoms. The molecule has 1 saturated heterocycles. The molecule has 1 aromatic carbocycles. The standard InChI is InChI=1S/C29H31N7O/c37-29(21-3-4-21)36-11-9-35(10-12-36)18-19-7-8-30-24(13-19)15-27-33-25-6-5-22(14-26(25)34-27)23-16-31-28(32-17-23)20-1-2-20/h5-8,13-14,16-17,20-21H,1-4,9-12,15,18H2,(H,33,34). The number of hydrogen-bond acceptors (Lipinski definition) is 6. The number of rotatable bonds is 7. The summed E-state index contributed by atoms with van der Waals surface area (Å²) in [6.07, 6.45) is 11.0. The molecule has 0 bridgehead atoms. The van der Waals surface area contributed by atoms with Gasteiger partial charge in [0.05, 0.1) is 11.0 Å². The average Bonchev–Trinajstić information content (AvgIpc) is 3.85. The molecular weight excluding hydrogens is 462 g/mol. The van der Waals surface area contributed by atoms with E-state index in [0.29, 0.717) is 24.2 Å². The minimum absolute atomic E-state index is 0.312. The Bertz CT molecular complexity index is 1430. The number of H-pyrrole nitrogens is 1. The summed E-state index contributed by atoms with van der Waals surface area (Å²) in [7, 11) is 0. The number of piperazine rings is 1. The summed E-state index contributed by atoms with van der Waals surface area (Å²) in [5, 5.41) is 0. The van der Waals surface area contributed by atoms with Crippen LogP contribution in [0.2, 0.25) is 0 Å². The Hall–Kier alpha value is -3.65. The first-order valence-corrected chi connectivity index (χ1v) is 13.4. The minimum Gasteiger partial charge on any atom is -0.342 e. The predicted molar refractivity (Wildman–Crippen MR) is 141 cm³/mol. The van der Waals surface area contributed by atoms with Crippen LogP contribution in [0.25, 0.3) is 22.2 Å². The molecule has 1 N–H and O–H groups in total. The van der Waals surface area contributed by atoms with Crippen LogP contribution in [0.4, 0.5) is 0 Å². The highest BCUT2D eigenvalue weighted by molar-refractivity contribution is 5.82. The quantitative estimate of drug-likeness (QED) is 0.419. The van der Waals surface area contributed by atoms with E-state index in [2.05, 4.69) is 60.1 Å². The van der Waals surface area contributed by atoms with Gasteiger partial charge in [-0.25, -0.2) is 15.0 Å². The molecule has 8 nitrogen and oxygen atoms in total. The zero-order valence-corrected chi connectivity index (χ0v) is 20.9. The van der Waals surface area contributed by atoms with Crippen LogP contribution >= 0.6 is 0 Å². The van der Waals surface area contributed by atoms with E-state index in [1.54, 1.807) is 0 Å². The zero-order chi connectivity index (χ0) is 24.8. The fourth-order valence-electron chi connectivity index (χ4n) is 5.23. The van der Waals surface area contributed by atoms with Gasteiger partial charge in [0.2, 0.25) is 5.91 Å². The Kier molecular flexibility index (Phi) is 5.69. The number of imidazole rings is 1. The maximum atomic E-state index is 12.3. The molecule has 0 radical (unpaired) electrons. The molecule has 2 saturated carbocycles. The third-order valence-electron chi connectivity index (χ3n) is 7.72. The molecule has 37 heavy (non-hydrogen) atoms. The lowest BCUT2D eigenvalue weighted by atomic mass is 10.1. The van der Waals surface area contributed by atoms with Gasteiger partial charge in [-0.3, -0.25) is 14.7 Å². The molecule has 2 aliphatic carbocycles. The van der Waals surface area contributed by atoms with Crippen molar-refractivity contribution in [2.45, 2.75) is 44.6 Å². The lowest BCUT2D eigenvalue weighted by molar-refractivity contribution is -0.134. The van der Waals surface area contributed by atoms with Gasteiger partial charge < -0.3 is 9.88 Å². The van der Waals surface area contributed by atoms with Crippen LogP contribution < -0.4 is 0 Å². The molecule has 4 heterocycles. The van der Waals surface area contributed by atoms with Gasteiger partial charge in [0, 0.05) is 80.8 Å². The number of nitrogens with zero attached hydrogens (tertiary/aromatic N) is 6. The lowest BCUT2D eigenvalue weighted by Gasteiger charge is -2.35. The highest BCUT2D eigenvalue weighted by atomic mass is 16.2. The highest BCUT2D eigenvalue weighted by Gasteiger charge is 2.34. The number of pyridine rings is 1. The Labute approximate surface area is 216 Å². The van der Waals surface area contributed by atoms with E-state index in [0.717, 1.165) is 85.1 Å². The van der Waals surface area contributed by atoms with Crippen LogP contribution in [0.1, 0.15) is 54.5 Å². The maximum Gasteiger partial charge on any atom is 0.225 e. The zero-order valence-electron chi connectivity index (χ0n) is 20.9. The van der Waals surface area contributed by atoms with Crippen molar-refractivity contribution in [2.24, 2.45) is 5.92 Å². The van der Waals surface area contributed by atoms with Crippen molar-refractivity contribution in [3.8, 4) is 11.1 Å². The van der Waals surface area contributed by atoms with Crippen molar-refractivity contribution in [1.29, 1.82) is 0 Å². The number of hydrogen-bond donors (Lipinski definition) is 1. The molecule has 1 aliphatic heterocycles. The molecule has 0 atom stereocenters. The third-order valence-corrected chi connectivity index (χ3v) is 7.72. The lowest BCUT2D eigenvalue weighted by Crippen LogP contribution is -2.48. The number of carbonyl (C=O) groups is 1. The van der Waals surface area contributed by atoms with E-state index in [1.807, 2.05) is 18.6 Å². The first-order chi connectivity index (χ1) is 18.2. The molecule has 3 aromatic heterocycles. The monoisotopic (exact) mass is 493 g/mol. The topological polar surface area (TPSA) is 90.9 Å². The van der Waals surface area contributed by atoms with Crippen LogP contribution in [-0.2, 0) is 17.8 Å². The van der Waals surface area contributed by atoms with E-state index in [4.69, 9.17) is 4.98 Å². The SMILES string of the molecule is O=C(C1CC1)N1CCN(Cc2ccnc(Cc3nc4ccc(-c5cnc(C6CC6)nc5)cc4[nH]3)c2)CC1. The fourth-order valence-corrected chi connectivity index (χ4v) is 5.23. The van der Waals surface area contributed by atoms with Crippen LogP contribution in [-0.4, -0.2) is 66.8 Å². The second-order valence-electron chi connectivity index (χ2n) is 10.7. The van der Waals surface area contributed by atoms with E-state index in [9.17, 15) is 4.79 Å². The Morgan fingerprint density at radius 1 is 0.919 bits per heavy atom. The van der Waals surface area contributed by atoms with Crippen LogP contribution in [0.3, 0.4) is 0 Å². The molecule has 7 rings (SSSR count). The highest BCUT2D eigenvalue weighted by Crippen LogP contribution is 2.38. The van der Waals surface area contributed by atoms with Gasteiger partial charge in [-0.15, -0.1) is 0 Å². The first-order valence-electron chi connectivity index (χ1n) is 13.4. The number of aromatic nitrogens is 5. The molecule has 0 unspecified atom stereocenters. The van der Waals surface area contributed by atoms with Crippen LogP contribution in [0, 0.1) is 5.92 Å². The van der Waals surface area contributed by atoms with Crippen LogP contribution in [0.15, 0.2) is 48.9 Å². The molecule has 3 fully saturated rings. The Balaban J connectivity index is 1.00. The average molecular weight is 494 g/mol. The number of nitrogens with one attached hydrogen (secondary N) is 1. The summed E-state index contributed by atoms with van der Waals surface area (Å²) in [5.41, 5.74) is 6.32. The molecule has 188 valence electrons. The largest absolute Gasteiger partial charge is 0.342 e. The summed E-state index contributed by atoms with van der Waals surface area (Å²) in [6, 6.07) is 10.5. The van der Waals surface area contributed by atoms with Gasteiger partial charge in [0.1, 0.15) is 11.6 Å². The summed E-state index contributed by atoms with van der Waals surface area (Å²) < 4.78 is 0. The van der Waals surface area contributed by atoms with E-state index in [1.165, 1.54) is 18.4 Å². The first kappa shape index (κ1) is 22.5. The molecular formula is C29H31N7O. The van der Waals surface area contributed by atoms with Gasteiger partial charge in [-0.05, 0) is 61.1 Å². The van der Waals surface area contributed by atoms with Crippen molar-refractivity contribution in [2.75, 3.05) is 26.2 Å². The molecule has 1 amide bonds. The summed E-state index contributed by atoms with van der Waals surface area (Å²) >= 11 is 0. The number of aromatic amines is 1. The number of benzene rings is 1. The number of amides is 1. The third kappa shape index (κ3) is 4.98.